The molecule has 2 aromatic rings. The second-order valence-electron chi connectivity index (χ2n) is 6.54. The standard InChI is InChI=1S/C18H22F2N4O3/c1-4-24-16(21-22(2)18(24)26)11-6-5-9-23(10-11)17(25)12-7-8-13(19)15(27-3)14(12)20/h7-8,11H,4-6,9-10H2,1-3H3/t11-/m0/s1. The number of aryl methyl sites for hydroxylation is 1. The molecule has 0 N–H and O–H groups in total. The number of methoxy groups -OCH3 is 1. The lowest BCUT2D eigenvalue weighted by Crippen LogP contribution is -2.40. The van der Waals surface area contributed by atoms with Gasteiger partial charge in [0, 0.05) is 32.6 Å². The zero-order valence-electron chi connectivity index (χ0n) is 15.5. The van der Waals surface area contributed by atoms with Crippen LogP contribution in [0.25, 0.3) is 0 Å². The van der Waals surface area contributed by atoms with Crippen molar-refractivity contribution >= 4 is 5.91 Å². The zero-order valence-corrected chi connectivity index (χ0v) is 15.5. The molecule has 1 aromatic carbocycles. The van der Waals surface area contributed by atoms with Crippen LogP contribution in [0.4, 0.5) is 8.78 Å². The highest BCUT2D eigenvalue weighted by Crippen LogP contribution is 2.29. The summed E-state index contributed by atoms with van der Waals surface area (Å²) in [6.45, 7) is 3.11. The van der Waals surface area contributed by atoms with E-state index >= 15 is 0 Å². The van der Waals surface area contributed by atoms with Crippen LogP contribution in [0.1, 0.15) is 41.9 Å². The molecule has 1 aliphatic rings. The number of piperidine rings is 1. The number of likely N-dealkylation sites (tertiary alicyclic amines) is 1. The fraction of sp³-hybridized carbons (Fsp3) is 0.500. The lowest BCUT2D eigenvalue weighted by Gasteiger charge is -2.32. The number of carbonyl (C=O) groups is 1. The summed E-state index contributed by atoms with van der Waals surface area (Å²) in [5, 5.41) is 4.31. The fourth-order valence-electron chi connectivity index (χ4n) is 3.55. The van der Waals surface area contributed by atoms with Gasteiger partial charge in [0.05, 0.1) is 12.7 Å². The van der Waals surface area contributed by atoms with Gasteiger partial charge < -0.3 is 9.64 Å². The molecule has 0 saturated carbocycles. The van der Waals surface area contributed by atoms with Crippen LogP contribution in [0, 0.1) is 11.6 Å². The van der Waals surface area contributed by atoms with E-state index in [0.717, 1.165) is 25.7 Å². The Balaban J connectivity index is 1.88. The highest BCUT2D eigenvalue weighted by molar-refractivity contribution is 5.95. The quantitative estimate of drug-likeness (QED) is 0.813. The fourth-order valence-corrected chi connectivity index (χ4v) is 3.55. The number of ether oxygens (including phenoxy) is 1. The lowest BCUT2D eigenvalue weighted by molar-refractivity contribution is 0.0697. The molecule has 2 heterocycles. The molecular formula is C18H22F2N4O3. The third-order valence-corrected chi connectivity index (χ3v) is 4.91. The lowest BCUT2D eigenvalue weighted by atomic mass is 9.96. The van der Waals surface area contributed by atoms with Crippen molar-refractivity contribution in [1.82, 2.24) is 19.2 Å². The van der Waals surface area contributed by atoms with Crippen LogP contribution in [0.3, 0.4) is 0 Å². The average molecular weight is 380 g/mol. The number of rotatable bonds is 4. The highest BCUT2D eigenvalue weighted by atomic mass is 19.1. The van der Waals surface area contributed by atoms with Crippen LogP contribution < -0.4 is 10.4 Å². The first-order valence-corrected chi connectivity index (χ1v) is 8.84. The van der Waals surface area contributed by atoms with Crippen molar-refractivity contribution in [3.05, 3.63) is 45.6 Å². The minimum atomic E-state index is -1.01. The predicted molar refractivity (Wildman–Crippen MR) is 93.9 cm³/mol. The van der Waals surface area contributed by atoms with Gasteiger partial charge >= 0.3 is 5.69 Å². The van der Waals surface area contributed by atoms with E-state index in [1.54, 1.807) is 11.6 Å². The van der Waals surface area contributed by atoms with Crippen LogP contribution in [-0.2, 0) is 13.6 Å². The Morgan fingerprint density at radius 3 is 2.78 bits per heavy atom. The van der Waals surface area contributed by atoms with Crippen molar-refractivity contribution in [2.75, 3.05) is 20.2 Å². The van der Waals surface area contributed by atoms with Gasteiger partial charge in [-0.1, -0.05) is 0 Å². The first-order valence-electron chi connectivity index (χ1n) is 8.84. The number of benzene rings is 1. The Labute approximate surface area is 155 Å². The van der Waals surface area contributed by atoms with Crippen molar-refractivity contribution < 1.29 is 18.3 Å². The smallest absolute Gasteiger partial charge is 0.345 e. The maximum absolute atomic E-state index is 14.5. The minimum absolute atomic E-state index is 0.123. The molecule has 0 spiro atoms. The van der Waals surface area contributed by atoms with Crippen molar-refractivity contribution in [3.63, 3.8) is 0 Å². The van der Waals surface area contributed by atoms with Crippen LogP contribution >= 0.6 is 0 Å². The van der Waals surface area contributed by atoms with E-state index < -0.39 is 23.3 Å². The second-order valence-corrected chi connectivity index (χ2v) is 6.54. The first kappa shape index (κ1) is 19.1. The Hall–Kier alpha value is -2.71. The van der Waals surface area contributed by atoms with Gasteiger partial charge in [-0.05, 0) is 31.9 Å². The van der Waals surface area contributed by atoms with E-state index in [4.69, 9.17) is 4.74 Å². The van der Waals surface area contributed by atoms with E-state index in [1.807, 2.05) is 6.92 Å². The summed E-state index contributed by atoms with van der Waals surface area (Å²) < 4.78 is 35.7. The summed E-state index contributed by atoms with van der Waals surface area (Å²) in [7, 11) is 2.74. The summed E-state index contributed by atoms with van der Waals surface area (Å²) in [6.07, 6.45) is 1.47. The van der Waals surface area contributed by atoms with E-state index in [-0.39, 0.29) is 17.2 Å². The molecule has 9 heteroatoms. The second kappa shape index (κ2) is 7.50. The van der Waals surface area contributed by atoms with E-state index in [2.05, 4.69) is 5.10 Å². The first-order chi connectivity index (χ1) is 12.9. The van der Waals surface area contributed by atoms with Gasteiger partial charge in [0.25, 0.3) is 5.91 Å². The summed E-state index contributed by atoms with van der Waals surface area (Å²) in [6, 6.07) is 2.14. The predicted octanol–water partition coefficient (Wildman–Crippen LogP) is 1.91. The molecule has 0 radical (unpaired) electrons. The molecule has 1 atom stereocenters. The molecule has 1 saturated heterocycles. The molecule has 146 valence electrons. The molecule has 0 unspecified atom stereocenters. The van der Waals surface area contributed by atoms with Gasteiger partial charge in [-0.2, -0.15) is 5.10 Å². The van der Waals surface area contributed by atoms with Gasteiger partial charge in [-0.3, -0.25) is 9.36 Å². The summed E-state index contributed by atoms with van der Waals surface area (Å²) in [5.41, 5.74) is -0.437. The molecular weight excluding hydrogens is 358 g/mol. The summed E-state index contributed by atoms with van der Waals surface area (Å²) >= 11 is 0. The average Bonchev–Trinajstić information content (AvgIpc) is 2.96. The van der Waals surface area contributed by atoms with Crippen molar-refractivity contribution in [1.29, 1.82) is 0 Å². The molecule has 3 rings (SSSR count). The number of aromatic nitrogens is 3. The van der Waals surface area contributed by atoms with Gasteiger partial charge in [0.1, 0.15) is 5.82 Å². The molecule has 27 heavy (non-hydrogen) atoms. The molecule has 1 amide bonds. The van der Waals surface area contributed by atoms with Crippen molar-refractivity contribution in [3.8, 4) is 5.75 Å². The summed E-state index contributed by atoms with van der Waals surface area (Å²) in [4.78, 5) is 26.5. The Morgan fingerprint density at radius 2 is 2.11 bits per heavy atom. The van der Waals surface area contributed by atoms with Crippen LogP contribution in [0.15, 0.2) is 16.9 Å². The van der Waals surface area contributed by atoms with Crippen molar-refractivity contribution in [2.24, 2.45) is 7.05 Å². The number of halogens is 2. The number of nitrogens with zero attached hydrogens (tertiary/aromatic N) is 4. The van der Waals surface area contributed by atoms with Crippen LogP contribution in [0.5, 0.6) is 5.75 Å². The van der Waals surface area contributed by atoms with Gasteiger partial charge in [-0.25, -0.2) is 18.3 Å². The van der Waals surface area contributed by atoms with Crippen LogP contribution in [0.2, 0.25) is 0 Å². The SMILES string of the molecule is CCn1c([C@H]2CCCN(C(=O)c3ccc(F)c(OC)c3F)C2)nn(C)c1=O. The zero-order chi connectivity index (χ0) is 19.7. The van der Waals surface area contributed by atoms with E-state index in [1.165, 1.54) is 9.58 Å². The number of carbonyl (C=O) groups excluding carboxylic acids is 1. The van der Waals surface area contributed by atoms with E-state index in [9.17, 15) is 18.4 Å². The van der Waals surface area contributed by atoms with Crippen molar-refractivity contribution in [2.45, 2.75) is 32.2 Å². The molecule has 0 bridgehead atoms. The summed E-state index contributed by atoms with van der Waals surface area (Å²) in [5.74, 6) is -2.46. The maximum Gasteiger partial charge on any atom is 0.345 e. The molecule has 7 nitrogen and oxygen atoms in total. The van der Waals surface area contributed by atoms with Gasteiger partial charge in [0.15, 0.2) is 17.4 Å². The third-order valence-electron chi connectivity index (χ3n) is 4.91. The van der Waals surface area contributed by atoms with Crippen LogP contribution in [-0.4, -0.2) is 45.4 Å². The topological polar surface area (TPSA) is 69.4 Å². The third kappa shape index (κ3) is 3.33. The monoisotopic (exact) mass is 380 g/mol. The highest BCUT2D eigenvalue weighted by Gasteiger charge is 2.31. The number of hydrogen-bond donors (Lipinski definition) is 0. The number of hydrogen-bond acceptors (Lipinski definition) is 4. The van der Waals surface area contributed by atoms with Gasteiger partial charge in [-0.15, -0.1) is 0 Å². The Kier molecular flexibility index (Phi) is 5.29. The van der Waals surface area contributed by atoms with E-state index in [0.29, 0.717) is 31.9 Å². The maximum atomic E-state index is 14.5. The molecule has 0 aliphatic carbocycles. The normalized spacial score (nSPS) is 17.2. The number of amides is 1. The largest absolute Gasteiger partial charge is 0.491 e. The molecule has 1 aromatic heterocycles. The Bertz CT molecular complexity index is 922. The molecule has 1 aliphatic heterocycles. The molecule has 1 fully saturated rings. The Morgan fingerprint density at radius 1 is 1.37 bits per heavy atom. The minimum Gasteiger partial charge on any atom is -0.491 e. The van der Waals surface area contributed by atoms with Gasteiger partial charge in [0.2, 0.25) is 0 Å².